The molecule has 5 nitrogen and oxygen atoms in total. The van der Waals surface area contributed by atoms with Crippen molar-refractivity contribution < 1.29 is 0 Å². The molecule has 1 aliphatic heterocycles. The molecule has 0 amide bonds. The zero-order valence-corrected chi connectivity index (χ0v) is 17.8. The summed E-state index contributed by atoms with van der Waals surface area (Å²) in [5.74, 6) is 0.468. The van der Waals surface area contributed by atoms with Crippen LogP contribution in [0.25, 0.3) is 0 Å². The SMILES string of the molecule is C=C(C)CNC(N)=NCc1ccc(CN2CCCN(C)CC2)cc1.I. The van der Waals surface area contributed by atoms with Crippen molar-refractivity contribution in [1.29, 1.82) is 0 Å². The van der Waals surface area contributed by atoms with Crippen LogP contribution in [0.2, 0.25) is 0 Å². The fraction of sp³-hybridized carbons (Fsp3) is 0.526. The molecule has 1 heterocycles. The average Bonchev–Trinajstić information content (AvgIpc) is 2.77. The highest BCUT2D eigenvalue weighted by molar-refractivity contribution is 14.0. The Morgan fingerprint density at radius 1 is 1.16 bits per heavy atom. The molecule has 0 radical (unpaired) electrons. The monoisotopic (exact) mass is 457 g/mol. The van der Waals surface area contributed by atoms with E-state index in [0.717, 1.165) is 25.2 Å². The van der Waals surface area contributed by atoms with Crippen molar-refractivity contribution in [2.24, 2.45) is 10.7 Å². The standard InChI is InChI=1S/C19H31N5.HI/c1-16(2)13-21-19(20)22-14-17-5-7-18(8-6-17)15-24-10-4-9-23(3)11-12-24;/h5-8H,1,4,9-15H2,2-3H3,(H3,20,21,22);1H. The maximum Gasteiger partial charge on any atom is 0.189 e. The van der Waals surface area contributed by atoms with Crippen LogP contribution in [-0.2, 0) is 13.1 Å². The van der Waals surface area contributed by atoms with Gasteiger partial charge in [0.15, 0.2) is 5.96 Å². The Kier molecular flexibility index (Phi) is 10.1. The summed E-state index contributed by atoms with van der Waals surface area (Å²) in [5, 5.41) is 3.04. The van der Waals surface area contributed by atoms with Gasteiger partial charge in [-0.25, -0.2) is 4.99 Å². The molecule has 2 rings (SSSR count). The second-order valence-corrected chi connectivity index (χ2v) is 6.76. The highest BCUT2D eigenvalue weighted by Gasteiger charge is 2.12. The van der Waals surface area contributed by atoms with Crippen molar-refractivity contribution in [2.45, 2.75) is 26.4 Å². The summed E-state index contributed by atoms with van der Waals surface area (Å²) in [6.07, 6.45) is 1.25. The highest BCUT2D eigenvalue weighted by Crippen LogP contribution is 2.10. The van der Waals surface area contributed by atoms with E-state index in [1.165, 1.54) is 30.6 Å². The third-order valence-corrected chi connectivity index (χ3v) is 4.24. The van der Waals surface area contributed by atoms with Crippen molar-refractivity contribution in [1.82, 2.24) is 15.1 Å². The van der Waals surface area contributed by atoms with E-state index in [0.29, 0.717) is 19.0 Å². The summed E-state index contributed by atoms with van der Waals surface area (Å²) in [6.45, 7) is 12.8. The van der Waals surface area contributed by atoms with Crippen LogP contribution in [0.4, 0.5) is 0 Å². The van der Waals surface area contributed by atoms with Crippen LogP contribution in [0, 0.1) is 0 Å². The van der Waals surface area contributed by atoms with Crippen molar-refractivity contribution in [3.8, 4) is 0 Å². The lowest BCUT2D eigenvalue weighted by Gasteiger charge is -2.20. The quantitative estimate of drug-likeness (QED) is 0.298. The fourth-order valence-corrected chi connectivity index (χ4v) is 2.74. The van der Waals surface area contributed by atoms with Crippen LogP contribution in [0.1, 0.15) is 24.5 Å². The summed E-state index contributed by atoms with van der Waals surface area (Å²) in [4.78, 5) is 9.31. The Bertz CT molecular complexity index is 555. The van der Waals surface area contributed by atoms with Gasteiger partial charge in [-0.3, -0.25) is 4.90 Å². The molecule has 1 aromatic carbocycles. The molecule has 6 heteroatoms. The number of halogens is 1. The molecule has 0 bridgehead atoms. The minimum absolute atomic E-state index is 0. The predicted octanol–water partition coefficient (Wildman–Crippen LogP) is 2.42. The van der Waals surface area contributed by atoms with Gasteiger partial charge in [0, 0.05) is 26.2 Å². The Morgan fingerprint density at radius 3 is 2.52 bits per heavy atom. The number of hydrogen-bond acceptors (Lipinski definition) is 3. The van der Waals surface area contributed by atoms with E-state index in [1.807, 2.05) is 6.92 Å². The van der Waals surface area contributed by atoms with Crippen LogP contribution in [0.15, 0.2) is 41.4 Å². The molecule has 0 unspecified atom stereocenters. The molecule has 25 heavy (non-hydrogen) atoms. The van der Waals surface area contributed by atoms with Gasteiger partial charge in [0.1, 0.15) is 0 Å². The molecule has 0 spiro atoms. The van der Waals surface area contributed by atoms with E-state index in [4.69, 9.17) is 5.73 Å². The van der Waals surface area contributed by atoms with E-state index in [9.17, 15) is 0 Å². The number of nitrogens with zero attached hydrogens (tertiary/aromatic N) is 3. The smallest absolute Gasteiger partial charge is 0.189 e. The summed E-state index contributed by atoms with van der Waals surface area (Å²) in [7, 11) is 2.20. The molecule has 0 aromatic heterocycles. The topological polar surface area (TPSA) is 56.9 Å². The van der Waals surface area contributed by atoms with Gasteiger partial charge in [-0.15, -0.1) is 24.0 Å². The van der Waals surface area contributed by atoms with Gasteiger partial charge in [0.25, 0.3) is 0 Å². The van der Waals surface area contributed by atoms with Gasteiger partial charge in [0.05, 0.1) is 6.54 Å². The second-order valence-electron chi connectivity index (χ2n) is 6.76. The molecular formula is C19H32IN5. The van der Waals surface area contributed by atoms with E-state index >= 15 is 0 Å². The second kappa shape index (κ2) is 11.5. The van der Waals surface area contributed by atoms with Gasteiger partial charge >= 0.3 is 0 Å². The molecule has 1 aromatic rings. The lowest BCUT2D eigenvalue weighted by Crippen LogP contribution is -2.32. The number of aliphatic imine (C=N–C) groups is 1. The molecule has 0 aliphatic carbocycles. The van der Waals surface area contributed by atoms with Crippen LogP contribution in [0.5, 0.6) is 0 Å². The molecule has 1 fully saturated rings. The van der Waals surface area contributed by atoms with Crippen molar-refractivity contribution >= 4 is 29.9 Å². The van der Waals surface area contributed by atoms with Crippen LogP contribution in [-0.4, -0.2) is 55.5 Å². The molecule has 140 valence electrons. The Hall–Kier alpha value is -1.12. The lowest BCUT2D eigenvalue weighted by atomic mass is 10.1. The van der Waals surface area contributed by atoms with Crippen LogP contribution < -0.4 is 11.1 Å². The maximum absolute atomic E-state index is 5.84. The number of guanidine groups is 1. The van der Waals surface area contributed by atoms with Crippen LogP contribution >= 0.6 is 24.0 Å². The maximum atomic E-state index is 5.84. The third-order valence-electron chi connectivity index (χ3n) is 4.24. The van der Waals surface area contributed by atoms with Gasteiger partial charge in [-0.05, 0) is 44.6 Å². The first kappa shape index (κ1) is 21.9. The first-order valence-electron chi connectivity index (χ1n) is 8.70. The zero-order chi connectivity index (χ0) is 17.4. The van der Waals surface area contributed by atoms with E-state index in [-0.39, 0.29) is 24.0 Å². The summed E-state index contributed by atoms with van der Waals surface area (Å²) in [5.41, 5.74) is 9.41. The number of rotatable bonds is 6. The minimum Gasteiger partial charge on any atom is -0.370 e. The fourth-order valence-electron chi connectivity index (χ4n) is 2.74. The van der Waals surface area contributed by atoms with Crippen molar-refractivity contribution in [3.63, 3.8) is 0 Å². The lowest BCUT2D eigenvalue weighted by molar-refractivity contribution is 0.269. The Labute approximate surface area is 169 Å². The van der Waals surface area contributed by atoms with Gasteiger partial charge in [-0.1, -0.05) is 36.4 Å². The number of nitrogens with two attached hydrogens (primary N) is 1. The third kappa shape index (κ3) is 8.69. The van der Waals surface area contributed by atoms with E-state index in [1.54, 1.807) is 0 Å². The predicted molar refractivity (Wildman–Crippen MR) is 117 cm³/mol. The number of benzene rings is 1. The van der Waals surface area contributed by atoms with Gasteiger partial charge in [-0.2, -0.15) is 0 Å². The molecule has 3 N–H and O–H groups in total. The molecular weight excluding hydrogens is 425 g/mol. The Morgan fingerprint density at radius 2 is 1.84 bits per heavy atom. The minimum atomic E-state index is 0. The first-order valence-corrected chi connectivity index (χ1v) is 8.70. The molecule has 0 saturated carbocycles. The first-order chi connectivity index (χ1) is 11.5. The highest BCUT2D eigenvalue weighted by atomic mass is 127. The van der Waals surface area contributed by atoms with Gasteiger partial charge < -0.3 is 16.0 Å². The van der Waals surface area contributed by atoms with Gasteiger partial charge in [0.2, 0.25) is 0 Å². The summed E-state index contributed by atoms with van der Waals surface area (Å²) in [6, 6.07) is 8.71. The van der Waals surface area contributed by atoms with Crippen molar-refractivity contribution in [3.05, 3.63) is 47.5 Å². The zero-order valence-electron chi connectivity index (χ0n) is 15.5. The number of nitrogens with one attached hydrogen (secondary N) is 1. The molecule has 1 aliphatic rings. The average molecular weight is 457 g/mol. The van der Waals surface area contributed by atoms with E-state index in [2.05, 4.69) is 58.0 Å². The largest absolute Gasteiger partial charge is 0.370 e. The normalized spacial score (nSPS) is 16.8. The number of hydrogen-bond donors (Lipinski definition) is 2. The number of likely N-dealkylation sites (N-methyl/N-ethyl adjacent to an activating group) is 1. The summed E-state index contributed by atoms with van der Waals surface area (Å²) < 4.78 is 0. The van der Waals surface area contributed by atoms with E-state index < -0.39 is 0 Å². The van der Waals surface area contributed by atoms with Crippen molar-refractivity contribution in [2.75, 3.05) is 39.8 Å². The Balaban J connectivity index is 0.00000312. The van der Waals surface area contributed by atoms with Crippen LogP contribution in [0.3, 0.4) is 0 Å². The molecule has 0 atom stereocenters. The molecule has 1 saturated heterocycles. The summed E-state index contributed by atoms with van der Waals surface area (Å²) >= 11 is 0.